The normalized spacial score (nSPS) is 16.0. The van der Waals surface area contributed by atoms with E-state index in [9.17, 15) is 14.7 Å². The van der Waals surface area contributed by atoms with Crippen molar-refractivity contribution in [2.45, 2.75) is 58.1 Å². The fraction of sp³-hybridized carbons (Fsp3) is 0.643. The van der Waals surface area contributed by atoms with Gasteiger partial charge in [-0.25, -0.2) is 9.59 Å². The van der Waals surface area contributed by atoms with Gasteiger partial charge in [-0.05, 0) is 33.6 Å². The van der Waals surface area contributed by atoms with E-state index >= 15 is 0 Å². The van der Waals surface area contributed by atoms with E-state index in [1.165, 1.54) is 6.20 Å². The maximum absolute atomic E-state index is 11.8. The number of carboxylic acid groups (broad SMARTS) is 1. The Morgan fingerprint density at radius 1 is 1.38 bits per heavy atom. The molecule has 1 aromatic heterocycles. The van der Waals surface area contributed by atoms with Gasteiger partial charge in [0.1, 0.15) is 11.2 Å². The molecule has 1 fully saturated rings. The van der Waals surface area contributed by atoms with Crippen LogP contribution in [0.25, 0.3) is 0 Å². The van der Waals surface area contributed by atoms with E-state index in [0.717, 1.165) is 25.7 Å². The summed E-state index contributed by atoms with van der Waals surface area (Å²) in [6, 6.07) is 0.206. The van der Waals surface area contributed by atoms with E-state index in [4.69, 9.17) is 4.74 Å². The Hall–Kier alpha value is -2.05. The Morgan fingerprint density at radius 2 is 2.00 bits per heavy atom. The monoisotopic (exact) mass is 295 g/mol. The van der Waals surface area contributed by atoms with Crippen molar-refractivity contribution in [1.29, 1.82) is 0 Å². The summed E-state index contributed by atoms with van der Waals surface area (Å²) in [6.07, 6.45) is 4.95. The van der Waals surface area contributed by atoms with E-state index in [2.05, 4.69) is 10.4 Å². The number of carbonyl (C=O) groups excluding carboxylic acids is 1. The van der Waals surface area contributed by atoms with Crippen molar-refractivity contribution in [3.63, 3.8) is 0 Å². The second-order valence-corrected chi connectivity index (χ2v) is 6.24. The second-order valence-electron chi connectivity index (χ2n) is 6.24. The minimum Gasteiger partial charge on any atom is -0.477 e. The highest BCUT2D eigenvalue weighted by atomic mass is 16.6. The SMILES string of the molecule is CC(C)(C)OC(=O)Nc1nn(C2CCCC2)cc1C(=O)O. The zero-order valence-electron chi connectivity index (χ0n) is 12.5. The maximum Gasteiger partial charge on any atom is 0.413 e. The zero-order chi connectivity index (χ0) is 15.6. The number of aromatic nitrogens is 2. The van der Waals surface area contributed by atoms with Crippen LogP contribution in [-0.2, 0) is 4.74 Å². The zero-order valence-corrected chi connectivity index (χ0v) is 12.5. The molecule has 1 aliphatic rings. The van der Waals surface area contributed by atoms with Crippen molar-refractivity contribution < 1.29 is 19.4 Å². The summed E-state index contributed by atoms with van der Waals surface area (Å²) in [7, 11) is 0. The Labute approximate surface area is 123 Å². The third kappa shape index (κ3) is 3.96. The molecule has 0 atom stereocenters. The molecule has 7 nitrogen and oxygen atoms in total. The number of carbonyl (C=O) groups is 2. The molecule has 0 radical (unpaired) electrons. The van der Waals surface area contributed by atoms with E-state index in [1.54, 1.807) is 25.5 Å². The smallest absolute Gasteiger partial charge is 0.413 e. The van der Waals surface area contributed by atoms with Crippen LogP contribution in [0.2, 0.25) is 0 Å². The van der Waals surface area contributed by atoms with Gasteiger partial charge >= 0.3 is 12.1 Å². The predicted molar refractivity (Wildman–Crippen MR) is 76.5 cm³/mol. The topological polar surface area (TPSA) is 93.5 Å². The second kappa shape index (κ2) is 5.75. The molecule has 21 heavy (non-hydrogen) atoms. The van der Waals surface area contributed by atoms with Gasteiger partial charge in [-0.15, -0.1) is 0 Å². The van der Waals surface area contributed by atoms with Crippen LogP contribution in [0.4, 0.5) is 10.6 Å². The van der Waals surface area contributed by atoms with Gasteiger partial charge in [-0.2, -0.15) is 5.10 Å². The molecule has 1 aliphatic carbocycles. The highest BCUT2D eigenvalue weighted by molar-refractivity contribution is 5.97. The van der Waals surface area contributed by atoms with Crippen LogP contribution in [0.3, 0.4) is 0 Å². The lowest BCUT2D eigenvalue weighted by Gasteiger charge is -2.19. The minimum atomic E-state index is -1.12. The van der Waals surface area contributed by atoms with Gasteiger partial charge in [0, 0.05) is 6.20 Å². The van der Waals surface area contributed by atoms with Crippen LogP contribution >= 0.6 is 0 Å². The maximum atomic E-state index is 11.8. The fourth-order valence-corrected chi connectivity index (χ4v) is 2.40. The van der Waals surface area contributed by atoms with E-state index in [-0.39, 0.29) is 17.4 Å². The molecule has 1 aromatic rings. The summed E-state index contributed by atoms with van der Waals surface area (Å²) >= 11 is 0. The first-order chi connectivity index (χ1) is 9.76. The molecule has 0 spiro atoms. The first-order valence-electron chi connectivity index (χ1n) is 7.09. The molecule has 1 heterocycles. The number of aromatic carboxylic acids is 1. The van der Waals surface area contributed by atoms with Crippen molar-refractivity contribution >= 4 is 17.9 Å². The Bertz CT molecular complexity index is 539. The Morgan fingerprint density at radius 3 is 2.52 bits per heavy atom. The molecule has 1 saturated carbocycles. The average molecular weight is 295 g/mol. The van der Waals surface area contributed by atoms with Gasteiger partial charge in [0.05, 0.1) is 6.04 Å². The quantitative estimate of drug-likeness (QED) is 0.894. The van der Waals surface area contributed by atoms with E-state index in [0.29, 0.717) is 0 Å². The van der Waals surface area contributed by atoms with Crippen molar-refractivity contribution in [1.82, 2.24) is 9.78 Å². The number of hydrogen-bond donors (Lipinski definition) is 2. The van der Waals surface area contributed by atoms with Crippen molar-refractivity contribution in [2.75, 3.05) is 5.32 Å². The van der Waals surface area contributed by atoms with Crippen LogP contribution in [0.1, 0.15) is 62.9 Å². The number of nitrogens with zero attached hydrogens (tertiary/aromatic N) is 2. The number of nitrogens with one attached hydrogen (secondary N) is 1. The largest absolute Gasteiger partial charge is 0.477 e. The van der Waals surface area contributed by atoms with Crippen LogP contribution < -0.4 is 5.32 Å². The first kappa shape index (κ1) is 15.3. The number of amides is 1. The molecule has 1 amide bonds. The van der Waals surface area contributed by atoms with Gasteiger partial charge in [-0.3, -0.25) is 10.00 Å². The number of anilines is 1. The highest BCUT2D eigenvalue weighted by Crippen LogP contribution is 2.30. The molecule has 0 bridgehead atoms. The van der Waals surface area contributed by atoms with Gasteiger partial charge in [0.25, 0.3) is 0 Å². The highest BCUT2D eigenvalue weighted by Gasteiger charge is 2.25. The van der Waals surface area contributed by atoms with Crippen molar-refractivity contribution in [3.8, 4) is 0 Å². The Balaban J connectivity index is 2.17. The lowest BCUT2D eigenvalue weighted by atomic mass is 10.2. The summed E-state index contributed by atoms with van der Waals surface area (Å²) in [5.41, 5.74) is -0.672. The lowest BCUT2D eigenvalue weighted by molar-refractivity contribution is 0.0635. The number of rotatable bonds is 3. The van der Waals surface area contributed by atoms with Gasteiger partial charge in [-0.1, -0.05) is 12.8 Å². The lowest BCUT2D eigenvalue weighted by Crippen LogP contribution is -2.27. The molecule has 0 unspecified atom stereocenters. The molecule has 0 aromatic carbocycles. The number of hydrogen-bond acceptors (Lipinski definition) is 4. The first-order valence-corrected chi connectivity index (χ1v) is 7.09. The Kier molecular flexibility index (Phi) is 4.20. The number of carboxylic acids is 1. The summed E-state index contributed by atoms with van der Waals surface area (Å²) in [6.45, 7) is 5.21. The van der Waals surface area contributed by atoms with E-state index < -0.39 is 17.7 Å². The minimum absolute atomic E-state index is 0.0206. The van der Waals surface area contributed by atoms with Crippen molar-refractivity contribution in [3.05, 3.63) is 11.8 Å². The van der Waals surface area contributed by atoms with Crippen LogP contribution in [0.5, 0.6) is 0 Å². The van der Waals surface area contributed by atoms with Gasteiger partial charge in [0.2, 0.25) is 0 Å². The summed E-state index contributed by atoms with van der Waals surface area (Å²) in [4.78, 5) is 23.0. The molecule has 0 aliphatic heterocycles. The molecule has 116 valence electrons. The van der Waals surface area contributed by atoms with Crippen molar-refractivity contribution in [2.24, 2.45) is 0 Å². The predicted octanol–water partition coefficient (Wildman–Crippen LogP) is 3.04. The van der Waals surface area contributed by atoms with Crippen LogP contribution in [-0.4, -0.2) is 32.6 Å². The standard InChI is InChI=1S/C14H21N3O4/c1-14(2,3)21-13(20)15-11-10(12(18)19)8-17(16-11)9-6-4-5-7-9/h8-9H,4-7H2,1-3H3,(H,18,19)(H,15,16,20). The third-order valence-corrected chi connectivity index (χ3v) is 3.28. The van der Waals surface area contributed by atoms with Crippen LogP contribution in [0, 0.1) is 0 Å². The summed E-state index contributed by atoms with van der Waals surface area (Å²) in [5, 5.41) is 15.8. The molecular formula is C14H21N3O4. The summed E-state index contributed by atoms with van der Waals surface area (Å²) < 4.78 is 6.76. The molecule has 0 saturated heterocycles. The number of ether oxygens (including phenoxy) is 1. The molecule has 2 rings (SSSR count). The molecule has 2 N–H and O–H groups in total. The third-order valence-electron chi connectivity index (χ3n) is 3.28. The average Bonchev–Trinajstić information content (AvgIpc) is 2.93. The van der Waals surface area contributed by atoms with E-state index in [1.807, 2.05) is 0 Å². The molecular weight excluding hydrogens is 274 g/mol. The van der Waals surface area contributed by atoms with Gasteiger partial charge < -0.3 is 9.84 Å². The fourth-order valence-electron chi connectivity index (χ4n) is 2.40. The molecule has 7 heteroatoms. The summed E-state index contributed by atoms with van der Waals surface area (Å²) in [5.74, 6) is -1.09. The van der Waals surface area contributed by atoms with Crippen LogP contribution in [0.15, 0.2) is 6.20 Å². The van der Waals surface area contributed by atoms with Gasteiger partial charge in [0.15, 0.2) is 5.82 Å².